The molecule has 2 aromatic heterocycles. The normalized spacial score (nSPS) is 21.4. The van der Waals surface area contributed by atoms with Crippen molar-refractivity contribution in [1.82, 2.24) is 19.6 Å². The van der Waals surface area contributed by atoms with Crippen molar-refractivity contribution in [2.24, 2.45) is 11.3 Å². The lowest BCUT2D eigenvalue weighted by Gasteiger charge is -2.56. The largest absolute Gasteiger partial charge is 0.489 e. The summed E-state index contributed by atoms with van der Waals surface area (Å²) in [4.78, 5) is 37.0. The third-order valence-corrected chi connectivity index (χ3v) is 15.8. The second kappa shape index (κ2) is 17.2. The molecule has 3 saturated heterocycles. The number of aromatic nitrogens is 2. The molecule has 0 unspecified atom stereocenters. The first kappa shape index (κ1) is 43.1. The molecule has 3 aromatic carbocycles. The van der Waals surface area contributed by atoms with Gasteiger partial charge in [-0.15, -0.1) is 0 Å². The van der Waals surface area contributed by atoms with E-state index in [-0.39, 0.29) is 52.5 Å². The van der Waals surface area contributed by atoms with Crippen molar-refractivity contribution in [3.63, 3.8) is 0 Å². The molecule has 5 aliphatic rings. The molecule has 0 bridgehead atoms. The van der Waals surface area contributed by atoms with Crippen LogP contribution in [0.3, 0.4) is 0 Å². The Morgan fingerprint density at radius 2 is 1.80 bits per heavy atom. The van der Waals surface area contributed by atoms with E-state index < -0.39 is 37.4 Å². The highest BCUT2D eigenvalue weighted by atomic mass is 32.2. The molecule has 4 fully saturated rings. The van der Waals surface area contributed by atoms with E-state index >= 15 is 4.39 Å². The number of hydrogen-bond donors (Lipinski definition) is 3. The summed E-state index contributed by atoms with van der Waals surface area (Å²) < 4.78 is 62.8. The van der Waals surface area contributed by atoms with Crippen molar-refractivity contribution < 1.29 is 36.7 Å². The number of carbonyl (C=O) groups is 1. The van der Waals surface area contributed by atoms with Crippen LogP contribution < -0.4 is 24.4 Å². The first-order valence-electron chi connectivity index (χ1n) is 22.8. The molecule has 17 heteroatoms. The van der Waals surface area contributed by atoms with Crippen molar-refractivity contribution in [1.29, 1.82) is 0 Å². The van der Waals surface area contributed by atoms with Crippen LogP contribution in [0.1, 0.15) is 98.7 Å². The summed E-state index contributed by atoms with van der Waals surface area (Å²) in [7, 11) is -4.71. The summed E-state index contributed by atoms with van der Waals surface area (Å²) in [6, 6.07) is 19.8. The van der Waals surface area contributed by atoms with Gasteiger partial charge in [-0.1, -0.05) is 38.1 Å². The van der Waals surface area contributed by atoms with Gasteiger partial charge in [-0.2, -0.15) is 9.37 Å². The highest BCUT2D eigenvalue weighted by Gasteiger charge is 2.50. The number of benzene rings is 3. The molecular formula is C48H54FN7O8S. The second-order valence-electron chi connectivity index (χ2n) is 18.7. The number of nitro benzene ring substituents is 1. The van der Waals surface area contributed by atoms with Crippen LogP contribution in [0.4, 0.5) is 21.5 Å². The maximum Gasteiger partial charge on any atom is 0.297 e. The average Bonchev–Trinajstić information content (AvgIpc) is 3.97. The Hall–Kier alpha value is -5.78. The van der Waals surface area contributed by atoms with Crippen molar-refractivity contribution >= 4 is 44.0 Å². The van der Waals surface area contributed by atoms with Gasteiger partial charge in [0.2, 0.25) is 0 Å². The molecule has 6 heterocycles. The lowest BCUT2D eigenvalue weighted by atomic mass is 9.59. The SMILES string of the molecule is CC(C)c1ccccc1[C@H]1CCCN1C1CC2(CCN(c3ccc(C(=O)NS(=O)(=O)c4cc5c(c([N+](=O)[O-])c4)N[C@@H](C4CCOCC4)CO5)c(Oc4cc5cc[nH]c5nc4F)c3)CC2)C1. The number of sulfonamides is 1. The number of amides is 1. The van der Waals surface area contributed by atoms with E-state index in [1.165, 1.54) is 42.2 Å². The van der Waals surface area contributed by atoms with Gasteiger partial charge in [0.25, 0.3) is 27.6 Å². The zero-order valence-electron chi connectivity index (χ0n) is 36.6. The minimum Gasteiger partial charge on any atom is -0.489 e. The fourth-order valence-corrected chi connectivity index (χ4v) is 12.0. The Kier molecular flexibility index (Phi) is 11.4. The fourth-order valence-electron chi connectivity index (χ4n) is 11.0. The molecule has 1 saturated carbocycles. The number of ether oxygens (including phenoxy) is 3. The predicted octanol–water partition coefficient (Wildman–Crippen LogP) is 8.83. The lowest BCUT2D eigenvalue weighted by molar-refractivity contribution is -0.384. The number of anilines is 2. The van der Waals surface area contributed by atoms with Crippen LogP contribution in [0.15, 0.2) is 77.8 Å². The highest BCUT2D eigenvalue weighted by Crippen LogP contribution is 2.54. The topological polar surface area (TPSA) is 181 Å². The van der Waals surface area contributed by atoms with Crippen molar-refractivity contribution in [2.45, 2.75) is 94.2 Å². The van der Waals surface area contributed by atoms with Gasteiger partial charge in [-0.05, 0) is 111 Å². The van der Waals surface area contributed by atoms with Crippen LogP contribution in [-0.2, 0) is 14.8 Å². The fraction of sp³-hybridized carbons (Fsp3) is 0.458. The average molecular weight is 908 g/mol. The first-order valence-corrected chi connectivity index (χ1v) is 24.2. The number of halogens is 1. The standard InChI is InChI=1S/C48H54FN7O8S/c1-29(2)35-6-3-4-7-36(35)39-8-5-17-55(39)33-26-48(27-33)14-18-54(19-15-48)32-9-10-37(41(23-32)64-43-22-31-11-16-50-46(31)52-45(43)49)47(57)53-65(60,61)34-24-40(56(58)59)44-42(25-34)63-28-38(51-44)30-12-20-62-21-13-30/h3-4,6-7,9-11,16,22-25,29-30,33,38-39,51H,5,8,12-15,17-21,26-28H2,1-2H3,(H,50,52)(H,53,57)/t38-,39-/m1/s1. The Balaban J connectivity index is 0.872. The number of hydrogen-bond acceptors (Lipinski definition) is 12. The maximum atomic E-state index is 15.4. The summed E-state index contributed by atoms with van der Waals surface area (Å²) in [5.74, 6) is -1.72. The molecule has 2 atom stereocenters. The van der Waals surface area contributed by atoms with Gasteiger partial charge >= 0.3 is 0 Å². The molecule has 15 nitrogen and oxygen atoms in total. The van der Waals surface area contributed by atoms with E-state index in [2.05, 4.69) is 67.9 Å². The summed E-state index contributed by atoms with van der Waals surface area (Å²) in [6.45, 7) is 8.52. The Labute approximate surface area is 377 Å². The van der Waals surface area contributed by atoms with Gasteiger partial charge in [-0.25, -0.2) is 13.1 Å². The molecule has 1 amide bonds. The number of pyridine rings is 1. The van der Waals surface area contributed by atoms with Gasteiger partial charge in [0.15, 0.2) is 17.2 Å². The molecule has 65 heavy (non-hydrogen) atoms. The summed E-state index contributed by atoms with van der Waals surface area (Å²) >= 11 is 0. The van der Waals surface area contributed by atoms with E-state index in [0.29, 0.717) is 42.2 Å². The van der Waals surface area contributed by atoms with Crippen LogP contribution >= 0.6 is 0 Å². The number of nitrogens with zero attached hydrogens (tertiary/aromatic N) is 4. The number of H-pyrrole nitrogens is 1. The molecule has 1 spiro atoms. The monoisotopic (exact) mass is 907 g/mol. The van der Waals surface area contributed by atoms with Crippen molar-refractivity contribution in [2.75, 3.05) is 49.7 Å². The minimum atomic E-state index is -4.71. The van der Waals surface area contributed by atoms with Gasteiger partial charge < -0.3 is 29.4 Å². The van der Waals surface area contributed by atoms with Crippen molar-refractivity contribution in [3.8, 4) is 17.2 Å². The van der Waals surface area contributed by atoms with Gasteiger partial charge in [0.1, 0.15) is 18.0 Å². The molecule has 342 valence electrons. The number of aromatic amines is 1. The number of nitrogens with one attached hydrogen (secondary N) is 3. The third kappa shape index (κ3) is 8.38. The van der Waals surface area contributed by atoms with Crippen LogP contribution in [-0.4, -0.2) is 85.7 Å². The maximum absolute atomic E-state index is 15.4. The molecule has 4 aliphatic heterocycles. The summed E-state index contributed by atoms with van der Waals surface area (Å²) in [5.41, 5.74) is 3.60. The van der Waals surface area contributed by atoms with Crippen molar-refractivity contribution in [3.05, 3.63) is 106 Å². The van der Waals surface area contributed by atoms with Gasteiger partial charge in [0.05, 0.1) is 21.4 Å². The Morgan fingerprint density at radius 1 is 1.02 bits per heavy atom. The molecule has 1 aliphatic carbocycles. The van der Waals surface area contributed by atoms with E-state index in [1.807, 2.05) is 0 Å². The molecule has 0 radical (unpaired) electrons. The van der Waals surface area contributed by atoms with Gasteiger partial charge in [0, 0.05) is 73.9 Å². The second-order valence-corrected chi connectivity index (χ2v) is 20.4. The number of fused-ring (bicyclic) bond motifs is 2. The van der Waals surface area contributed by atoms with E-state index in [0.717, 1.165) is 69.9 Å². The Bertz CT molecular complexity index is 2740. The zero-order valence-corrected chi connectivity index (χ0v) is 37.4. The van der Waals surface area contributed by atoms with Crippen LogP contribution in [0.5, 0.6) is 17.2 Å². The molecular weight excluding hydrogens is 854 g/mol. The van der Waals surface area contributed by atoms with E-state index in [1.54, 1.807) is 24.4 Å². The number of likely N-dealkylation sites (tertiary alicyclic amines) is 1. The molecule has 3 N–H and O–H groups in total. The first-order chi connectivity index (χ1) is 31.3. The number of piperidine rings is 1. The summed E-state index contributed by atoms with van der Waals surface area (Å²) in [6.07, 6.45) is 9.82. The van der Waals surface area contributed by atoms with E-state index in [4.69, 9.17) is 14.2 Å². The Morgan fingerprint density at radius 3 is 2.57 bits per heavy atom. The van der Waals surface area contributed by atoms with Gasteiger partial charge in [-0.3, -0.25) is 19.8 Å². The number of nitro groups is 1. The predicted molar refractivity (Wildman–Crippen MR) is 243 cm³/mol. The molecule has 5 aromatic rings. The van der Waals surface area contributed by atoms with Crippen LogP contribution in [0.2, 0.25) is 0 Å². The van der Waals surface area contributed by atoms with Crippen LogP contribution in [0, 0.1) is 27.4 Å². The smallest absolute Gasteiger partial charge is 0.297 e. The quantitative estimate of drug-likeness (QED) is 0.0652. The molecule has 10 rings (SSSR count). The third-order valence-electron chi connectivity index (χ3n) is 14.5. The van der Waals surface area contributed by atoms with Crippen LogP contribution in [0.25, 0.3) is 11.0 Å². The number of rotatable bonds is 11. The number of carbonyl (C=O) groups excluding carboxylic acids is 1. The zero-order chi connectivity index (χ0) is 45.0. The highest BCUT2D eigenvalue weighted by molar-refractivity contribution is 7.90. The van der Waals surface area contributed by atoms with E-state index in [9.17, 15) is 23.3 Å². The summed E-state index contributed by atoms with van der Waals surface area (Å²) in [5, 5.41) is 16.1. The lowest BCUT2D eigenvalue weighted by Crippen LogP contribution is -2.54. The minimum absolute atomic E-state index is 0.0137.